The van der Waals surface area contributed by atoms with Gasteiger partial charge in [-0.05, 0) is 26.1 Å². The summed E-state index contributed by atoms with van der Waals surface area (Å²) in [7, 11) is 3.77. The molecule has 0 radical (unpaired) electrons. The predicted molar refractivity (Wildman–Crippen MR) is 71.2 cm³/mol. The van der Waals surface area contributed by atoms with Crippen molar-refractivity contribution in [2.75, 3.05) is 51.4 Å². The number of nitrogens with one attached hydrogen (secondary N) is 1. The normalized spacial score (nSPS) is 10.8. The van der Waals surface area contributed by atoms with Gasteiger partial charge in [0.2, 0.25) is 0 Å². The van der Waals surface area contributed by atoms with E-state index in [1.807, 2.05) is 19.1 Å². The molecule has 1 heterocycles. The first-order valence-electron chi connectivity index (χ1n) is 5.78. The van der Waals surface area contributed by atoms with Crippen LogP contribution in [0.4, 0.5) is 11.5 Å². The van der Waals surface area contributed by atoms with E-state index in [-0.39, 0.29) is 0 Å². The number of rotatable bonds is 7. The predicted octanol–water partition coefficient (Wildman–Crippen LogP) is 0.962. The second kappa shape index (κ2) is 7.09. The van der Waals surface area contributed by atoms with E-state index in [1.54, 1.807) is 7.11 Å². The number of nitrogens with zero attached hydrogens (tertiary/aromatic N) is 2. The highest BCUT2D eigenvalue weighted by molar-refractivity contribution is 5.61. The van der Waals surface area contributed by atoms with Gasteiger partial charge in [0.15, 0.2) is 0 Å². The van der Waals surface area contributed by atoms with Crippen LogP contribution < -0.4 is 11.1 Å². The van der Waals surface area contributed by atoms with Crippen LogP contribution in [0.2, 0.25) is 0 Å². The molecule has 0 saturated heterocycles. The summed E-state index contributed by atoms with van der Waals surface area (Å²) in [6, 6.07) is 3.78. The molecule has 0 spiro atoms. The van der Waals surface area contributed by atoms with Gasteiger partial charge < -0.3 is 20.7 Å². The van der Waals surface area contributed by atoms with Crippen molar-refractivity contribution in [2.45, 2.75) is 6.92 Å². The summed E-state index contributed by atoms with van der Waals surface area (Å²) in [6.45, 7) is 5.38. The lowest BCUT2D eigenvalue weighted by Gasteiger charge is -2.17. The maximum atomic E-state index is 5.83. The van der Waals surface area contributed by atoms with Crippen LogP contribution >= 0.6 is 0 Å². The molecule has 0 aliphatic rings. The van der Waals surface area contributed by atoms with Crippen LogP contribution in [0.5, 0.6) is 0 Å². The summed E-state index contributed by atoms with van der Waals surface area (Å²) in [6.07, 6.45) is 0. The van der Waals surface area contributed by atoms with Crippen LogP contribution in [0.3, 0.4) is 0 Å². The molecule has 96 valence electrons. The highest BCUT2D eigenvalue weighted by atomic mass is 16.5. The third-order valence-corrected chi connectivity index (χ3v) is 2.53. The van der Waals surface area contributed by atoms with Crippen LogP contribution in [0.25, 0.3) is 0 Å². The second-order valence-electron chi connectivity index (χ2n) is 4.11. The molecule has 5 nitrogen and oxygen atoms in total. The van der Waals surface area contributed by atoms with E-state index in [4.69, 9.17) is 10.5 Å². The zero-order chi connectivity index (χ0) is 12.7. The monoisotopic (exact) mass is 238 g/mol. The van der Waals surface area contributed by atoms with Crippen molar-refractivity contribution >= 4 is 11.5 Å². The lowest BCUT2D eigenvalue weighted by molar-refractivity contribution is 0.163. The van der Waals surface area contributed by atoms with Gasteiger partial charge in [-0.25, -0.2) is 4.98 Å². The Kier molecular flexibility index (Phi) is 5.72. The Balaban J connectivity index is 2.32. The fourth-order valence-corrected chi connectivity index (χ4v) is 1.43. The number of ether oxygens (including phenoxy) is 1. The van der Waals surface area contributed by atoms with Crippen molar-refractivity contribution in [1.82, 2.24) is 9.88 Å². The van der Waals surface area contributed by atoms with Gasteiger partial charge in [-0.15, -0.1) is 0 Å². The number of aryl methyl sites for hydroxylation is 1. The minimum Gasteiger partial charge on any atom is -0.396 e. The zero-order valence-electron chi connectivity index (χ0n) is 10.9. The Hall–Kier alpha value is -1.33. The van der Waals surface area contributed by atoms with Crippen LogP contribution in [0.1, 0.15) is 5.69 Å². The number of nitrogen functional groups attached to an aromatic ring is 1. The van der Waals surface area contributed by atoms with E-state index in [1.165, 1.54) is 0 Å². The number of anilines is 2. The third-order valence-electron chi connectivity index (χ3n) is 2.53. The summed E-state index contributed by atoms with van der Waals surface area (Å²) in [5, 5.41) is 3.24. The molecule has 1 aromatic heterocycles. The minimum absolute atomic E-state index is 0.690. The molecule has 0 aliphatic carbocycles. The summed E-state index contributed by atoms with van der Waals surface area (Å²) >= 11 is 0. The van der Waals surface area contributed by atoms with E-state index in [0.29, 0.717) is 5.69 Å². The van der Waals surface area contributed by atoms with Gasteiger partial charge in [-0.1, -0.05) is 0 Å². The number of likely N-dealkylation sites (N-methyl/N-ethyl adjacent to an activating group) is 1. The lowest BCUT2D eigenvalue weighted by atomic mass is 10.3. The van der Waals surface area contributed by atoms with Crippen molar-refractivity contribution in [3.63, 3.8) is 0 Å². The minimum atomic E-state index is 0.690. The number of hydrogen-bond donors (Lipinski definition) is 2. The average Bonchev–Trinajstić information content (AvgIpc) is 2.31. The molecule has 0 aromatic carbocycles. The smallest absolute Gasteiger partial charge is 0.149 e. The van der Waals surface area contributed by atoms with Gasteiger partial charge in [0.25, 0.3) is 0 Å². The van der Waals surface area contributed by atoms with Crippen LogP contribution in [0, 0.1) is 6.92 Å². The second-order valence-corrected chi connectivity index (χ2v) is 4.11. The Morgan fingerprint density at radius 3 is 2.88 bits per heavy atom. The molecular formula is C12H22N4O. The topological polar surface area (TPSA) is 63.4 Å². The largest absolute Gasteiger partial charge is 0.396 e. The number of pyridine rings is 1. The van der Waals surface area contributed by atoms with E-state index < -0.39 is 0 Å². The summed E-state index contributed by atoms with van der Waals surface area (Å²) in [5.41, 5.74) is 7.48. The SMILES string of the molecule is COCCN(C)CCNc1nc(C)ccc1N. The van der Waals surface area contributed by atoms with Gasteiger partial charge in [0, 0.05) is 32.4 Å². The quantitative estimate of drug-likeness (QED) is 0.741. The zero-order valence-corrected chi connectivity index (χ0v) is 10.9. The number of aromatic nitrogens is 1. The van der Waals surface area contributed by atoms with E-state index in [0.717, 1.165) is 37.8 Å². The lowest BCUT2D eigenvalue weighted by Crippen LogP contribution is -2.28. The fraction of sp³-hybridized carbons (Fsp3) is 0.583. The first-order chi connectivity index (χ1) is 8.13. The fourth-order valence-electron chi connectivity index (χ4n) is 1.43. The number of nitrogens with two attached hydrogens (primary N) is 1. The third kappa shape index (κ3) is 5.01. The van der Waals surface area contributed by atoms with Crippen molar-refractivity contribution < 1.29 is 4.74 Å². The van der Waals surface area contributed by atoms with Crippen molar-refractivity contribution in [3.05, 3.63) is 17.8 Å². The van der Waals surface area contributed by atoms with Gasteiger partial charge in [-0.3, -0.25) is 0 Å². The Labute approximate surface area is 103 Å². The molecule has 3 N–H and O–H groups in total. The molecule has 0 amide bonds. The van der Waals surface area contributed by atoms with Gasteiger partial charge in [0.05, 0.1) is 12.3 Å². The molecule has 0 saturated carbocycles. The molecule has 0 unspecified atom stereocenters. The van der Waals surface area contributed by atoms with E-state index in [2.05, 4.69) is 22.2 Å². The maximum absolute atomic E-state index is 5.83. The van der Waals surface area contributed by atoms with Crippen molar-refractivity contribution in [2.24, 2.45) is 0 Å². The Bertz CT molecular complexity index is 343. The summed E-state index contributed by atoms with van der Waals surface area (Å²) in [4.78, 5) is 6.55. The molecule has 0 fully saturated rings. The first-order valence-corrected chi connectivity index (χ1v) is 5.78. The van der Waals surface area contributed by atoms with Gasteiger partial charge in [-0.2, -0.15) is 0 Å². The van der Waals surface area contributed by atoms with Crippen molar-refractivity contribution in [1.29, 1.82) is 0 Å². The van der Waals surface area contributed by atoms with E-state index >= 15 is 0 Å². The molecule has 0 aliphatic heterocycles. The van der Waals surface area contributed by atoms with Crippen LogP contribution in [-0.4, -0.2) is 50.3 Å². The van der Waals surface area contributed by atoms with Crippen LogP contribution in [-0.2, 0) is 4.74 Å². The summed E-state index contributed by atoms with van der Waals surface area (Å²) in [5.74, 6) is 0.769. The van der Waals surface area contributed by atoms with E-state index in [9.17, 15) is 0 Å². The molecule has 5 heteroatoms. The molecule has 1 aromatic rings. The number of methoxy groups -OCH3 is 1. The highest BCUT2D eigenvalue weighted by Crippen LogP contribution is 2.14. The first kappa shape index (κ1) is 13.7. The number of hydrogen-bond acceptors (Lipinski definition) is 5. The average molecular weight is 238 g/mol. The molecule has 0 atom stereocenters. The highest BCUT2D eigenvalue weighted by Gasteiger charge is 2.01. The van der Waals surface area contributed by atoms with Crippen molar-refractivity contribution in [3.8, 4) is 0 Å². The molecular weight excluding hydrogens is 216 g/mol. The molecule has 0 bridgehead atoms. The maximum Gasteiger partial charge on any atom is 0.149 e. The van der Waals surface area contributed by atoms with Gasteiger partial charge >= 0.3 is 0 Å². The summed E-state index contributed by atoms with van der Waals surface area (Å²) < 4.78 is 5.02. The molecule has 1 rings (SSSR count). The standard InChI is InChI=1S/C12H22N4O/c1-10-4-5-11(13)12(15-10)14-6-7-16(2)8-9-17-3/h4-5H,6-9,13H2,1-3H3,(H,14,15). The van der Waals surface area contributed by atoms with Gasteiger partial charge in [0.1, 0.15) is 5.82 Å². The Morgan fingerprint density at radius 1 is 1.41 bits per heavy atom. The van der Waals surface area contributed by atoms with Crippen LogP contribution in [0.15, 0.2) is 12.1 Å². The molecule has 17 heavy (non-hydrogen) atoms. The Morgan fingerprint density at radius 2 is 2.18 bits per heavy atom.